The lowest BCUT2D eigenvalue weighted by molar-refractivity contribution is -0.117. The second kappa shape index (κ2) is 7.13. The van der Waals surface area contributed by atoms with E-state index in [0.717, 1.165) is 14.9 Å². The van der Waals surface area contributed by atoms with Gasteiger partial charge in [0, 0.05) is 5.39 Å². The number of nitrogens with one attached hydrogen (secondary N) is 1. The minimum atomic E-state index is -0.538. The van der Waals surface area contributed by atoms with Gasteiger partial charge in [-0.15, -0.1) is 11.3 Å². The first kappa shape index (κ1) is 17.1. The molecule has 4 aromatic rings. The molecule has 0 saturated heterocycles. The van der Waals surface area contributed by atoms with Crippen LogP contribution in [0, 0.1) is 5.82 Å². The number of nitrogens with zero attached hydrogens (tertiary/aromatic N) is 2. The molecule has 0 unspecified atom stereocenters. The molecule has 5 nitrogen and oxygen atoms in total. The van der Waals surface area contributed by atoms with Gasteiger partial charge in [0.05, 0.1) is 16.0 Å². The van der Waals surface area contributed by atoms with E-state index in [1.54, 1.807) is 18.2 Å². The molecule has 0 fully saturated rings. The predicted molar refractivity (Wildman–Crippen MR) is 104 cm³/mol. The van der Waals surface area contributed by atoms with Gasteiger partial charge in [-0.1, -0.05) is 36.4 Å². The zero-order chi connectivity index (χ0) is 18.8. The number of aromatic nitrogens is 2. The van der Waals surface area contributed by atoms with Crippen LogP contribution in [0.1, 0.15) is 0 Å². The Hall–Kier alpha value is -3.32. The summed E-state index contributed by atoms with van der Waals surface area (Å²) >= 11 is 1.50. The number of rotatable bonds is 4. The van der Waals surface area contributed by atoms with Crippen LogP contribution >= 0.6 is 11.3 Å². The number of hydrogen-bond donors (Lipinski definition) is 1. The molecule has 7 heteroatoms. The number of hydrogen-bond acceptors (Lipinski definition) is 4. The molecule has 0 aliphatic rings. The molecule has 134 valence electrons. The van der Waals surface area contributed by atoms with Crippen molar-refractivity contribution in [2.75, 3.05) is 5.32 Å². The number of fused-ring (bicyclic) bond motifs is 1. The summed E-state index contributed by atoms with van der Waals surface area (Å²) in [5, 5.41) is 10.0. The molecular formula is C20H14FN3O2S. The van der Waals surface area contributed by atoms with Crippen LogP contribution in [-0.2, 0) is 11.3 Å². The molecule has 0 bridgehead atoms. The van der Waals surface area contributed by atoms with E-state index in [2.05, 4.69) is 10.4 Å². The molecule has 0 aliphatic heterocycles. The number of carbonyl (C=O) groups is 1. The van der Waals surface area contributed by atoms with Crippen LogP contribution in [0.15, 0.2) is 70.8 Å². The number of anilines is 1. The average Bonchev–Trinajstić information content (AvgIpc) is 3.20. The Morgan fingerprint density at radius 2 is 1.78 bits per heavy atom. The van der Waals surface area contributed by atoms with E-state index in [1.165, 1.54) is 29.5 Å². The monoisotopic (exact) mass is 379 g/mol. The summed E-state index contributed by atoms with van der Waals surface area (Å²) in [6.07, 6.45) is 0. The lowest BCUT2D eigenvalue weighted by Gasteiger charge is -2.11. The third kappa shape index (κ3) is 3.37. The Bertz CT molecular complexity index is 1190. The molecule has 4 rings (SSSR count). The summed E-state index contributed by atoms with van der Waals surface area (Å²) < 4.78 is 14.8. The molecule has 0 radical (unpaired) electrons. The van der Waals surface area contributed by atoms with E-state index < -0.39 is 11.7 Å². The molecule has 2 heterocycles. The standard InChI is InChI=1S/C20H14FN3O2S/c21-15-8-3-4-9-16(15)22-18(25)12-24-20(26)14-7-2-1-6-13(14)19(23-24)17-10-5-11-27-17/h1-11H,12H2,(H,22,25). The lowest BCUT2D eigenvalue weighted by atomic mass is 10.1. The molecule has 1 amide bonds. The van der Waals surface area contributed by atoms with Crippen LogP contribution in [0.5, 0.6) is 0 Å². The second-order valence-electron chi connectivity index (χ2n) is 5.86. The summed E-state index contributed by atoms with van der Waals surface area (Å²) in [5.41, 5.74) is 0.336. The lowest BCUT2D eigenvalue weighted by Crippen LogP contribution is -2.30. The van der Waals surface area contributed by atoms with Crippen molar-refractivity contribution < 1.29 is 9.18 Å². The molecule has 27 heavy (non-hydrogen) atoms. The largest absolute Gasteiger partial charge is 0.322 e. The number of amides is 1. The fourth-order valence-corrected chi connectivity index (χ4v) is 3.55. The smallest absolute Gasteiger partial charge is 0.275 e. The van der Waals surface area contributed by atoms with Crippen molar-refractivity contribution in [2.45, 2.75) is 6.54 Å². The van der Waals surface area contributed by atoms with Gasteiger partial charge in [-0.2, -0.15) is 5.10 Å². The van der Waals surface area contributed by atoms with Gasteiger partial charge in [-0.05, 0) is 29.6 Å². The topological polar surface area (TPSA) is 64.0 Å². The van der Waals surface area contributed by atoms with Crippen molar-refractivity contribution in [2.24, 2.45) is 0 Å². The van der Waals surface area contributed by atoms with Gasteiger partial charge in [0.2, 0.25) is 5.91 Å². The maximum Gasteiger partial charge on any atom is 0.275 e. The maximum absolute atomic E-state index is 13.7. The molecule has 0 spiro atoms. The van der Waals surface area contributed by atoms with E-state index >= 15 is 0 Å². The Morgan fingerprint density at radius 3 is 2.52 bits per heavy atom. The molecule has 2 aromatic carbocycles. The first-order chi connectivity index (χ1) is 13.1. The normalized spacial score (nSPS) is 10.9. The Labute approximate surface area is 157 Å². The highest BCUT2D eigenvalue weighted by Gasteiger charge is 2.15. The van der Waals surface area contributed by atoms with Crippen LogP contribution in [-0.4, -0.2) is 15.7 Å². The van der Waals surface area contributed by atoms with Gasteiger partial charge in [0.1, 0.15) is 18.1 Å². The van der Waals surface area contributed by atoms with Crippen molar-refractivity contribution in [3.8, 4) is 10.6 Å². The fourth-order valence-electron chi connectivity index (χ4n) is 2.83. The molecular weight excluding hydrogens is 365 g/mol. The van der Waals surface area contributed by atoms with E-state index in [0.29, 0.717) is 11.1 Å². The van der Waals surface area contributed by atoms with Crippen molar-refractivity contribution >= 4 is 33.7 Å². The van der Waals surface area contributed by atoms with Crippen LogP contribution < -0.4 is 10.9 Å². The van der Waals surface area contributed by atoms with Crippen LogP contribution in [0.2, 0.25) is 0 Å². The van der Waals surface area contributed by atoms with Crippen molar-refractivity contribution in [3.05, 3.63) is 82.2 Å². The zero-order valence-corrected chi connectivity index (χ0v) is 14.9. The SMILES string of the molecule is O=C(Cn1nc(-c2cccs2)c2ccccc2c1=O)Nc1ccccc1F. The van der Waals surface area contributed by atoms with Crippen LogP contribution in [0.4, 0.5) is 10.1 Å². The Kier molecular flexibility index (Phi) is 4.52. The minimum Gasteiger partial charge on any atom is -0.322 e. The molecule has 1 N–H and O–H groups in total. The number of benzene rings is 2. The number of para-hydroxylation sites is 1. The number of carbonyl (C=O) groups excluding carboxylic acids is 1. The summed E-state index contributed by atoms with van der Waals surface area (Å²) in [6.45, 7) is -0.309. The highest BCUT2D eigenvalue weighted by molar-refractivity contribution is 7.13. The van der Waals surface area contributed by atoms with E-state index in [-0.39, 0.29) is 17.8 Å². The second-order valence-corrected chi connectivity index (χ2v) is 6.81. The zero-order valence-electron chi connectivity index (χ0n) is 14.1. The molecule has 0 aliphatic carbocycles. The Balaban J connectivity index is 1.74. The van der Waals surface area contributed by atoms with E-state index in [1.807, 2.05) is 29.6 Å². The van der Waals surface area contributed by atoms with E-state index in [9.17, 15) is 14.0 Å². The summed E-state index contributed by atoms with van der Waals surface area (Å²) in [5.74, 6) is -1.06. The highest BCUT2D eigenvalue weighted by atomic mass is 32.1. The first-order valence-electron chi connectivity index (χ1n) is 8.21. The fraction of sp³-hybridized carbons (Fsp3) is 0.0500. The van der Waals surface area contributed by atoms with Crippen LogP contribution in [0.3, 0.4) is 0 Å². The Morgan fingerprint density at radius 1 is 1.04 bits per heavy atom. The minimum absolute atomic E-state index is 0.0646. The van der Waals surface area contributed by atoms with Gasteiger partial charge in [-0.3, -0.25) is 9.59 Å². The number of thiophene rings is 1. The first-order valence-corrected chi connectivity index (χ1v) is 9.09. The molecule has 0 atom stereocenters. The summed E-state index contributed by atoms with van der Waals surface area (Å²) in [4.78, 5) is 26.0. The summed E-state index contributed by atoms with van der Waals surface area (Å²) in [7, 11) is 0. The summed E-state index contributed by atoms with van der Waals surface area (Å²) in [6, 6.07) is 16.8. The molecule has 0 saturated carbocycles. The maximum atomic E-state index is 13.7. The highest BCUT2D eigenvalue weighted by Crippen LogP contribution is 2.28. The van der Waals surface area contributed by atoms with Crippen LogP contribution in [0.25, 0.3) is 21.3 Å². The van der Waals surface area contributed by atoms with Gasteiger partial charge in [0.15, 0.2) is 0 Å². The third-order valence-electron chi connectivity index (χ3n) is 4.06. The quantitative estimate of drug-likeness (QED) is 0.585. The van der Waals surface area contributed by atoms with Gasteiger partial charge in [0.25, 0.3) is 5.56 Å². The van der Waals surface area contributed by atoms with Gasteiger partial charge >= 0.3 is 0 Å². The van der Waals surface area contributed by atoms with Gasteiger partial charge < -0.3 is 5.32 Å². The number of halogens is 1. The van der Waals surface area contributed by atoms with Crippen molar-refractivity contribution in [3.63, 3.8) is 0 Å². The van der Waals surface area contributed by atoms with Crippen molar-refractivity contribution in [1.82, 2.24) is 9.78 Å². The predicted octanol–water partition coefficient (Wildman–Crippen LogP) is 3.90. The third-order valence-corrected chi connectivity index (χ3v) is 4.94. The van der Waals surface area contributed by atoms with E-state index in [4.69, 9.17) is 0 Å². The average molecular weight is 379 g/mol. The van der Waals surface area contributed by atoms with Gasteiger partial charge in [-0.25, -0.2) is 9.07 Å². The molecule has 2 aromatic heterocycles. The van der Waals surface area contributed by atoms with Crippen molar-refractivity contribution in [1.29, 1.82) is 0 Å².